The van der Waals surface area contributed by atoms with Crippen LogP contribution in [0, 0.1) is 0 Å². The largest absolute Gasteiger partial charge is 0.476 e. The van der Waals surface area contributed by atoms with Gasteiger partial charge >= 0.3 is 5.97 Å². The molecule has 0 spiro atoms. The zero-order valence-electron chi connectivity index (χ0n) is 9.57. The summed E-state index contributed by atoms with van der Waals surface area (Å²) in [5.41, 5.74) is 0.806. The lowest BCUT2D eigenvalue weighted by Gasteiger charge is -2.31. The number of aromatic nitrogens is 1. The normalized spacial score (nSPS) is 21.9. The first-order valence-electron chi connectivity index (χ1n) is 5.21. The number of nitrogens with zero attached hydrogens (tertiary/aromatic N) is 2. The van der Waals surface area contributed by atoms with E-state index in [1.54, 1.807) is 6.92 Å². The molecule has 100 valence electrons. The zero-order chi connectivity index (χ0) is 13.3. The molecule has 1 aromatic rings. The highest BCUT2D eigenvalue weighted by Crippen LogP contribution is 2.26. The van der Waals surface area contributed by atoms with E-state index in [2.05, 4.69) is 4.98 Å². The van der Waals surface area contributed by atoms with Gasteiger partial charge in [0.2, 0.25) is 0 Å². The van der Waals surface area contributed by atoms with Crippen molar-refractivity contribution in [2.75, 3.05) is 19.8 Å². The third-order valence-electron chi connectivity index (χ3n) is 2.59. The molecule has 18 heavy (non-hydrogen) atoms. The van der Waals surface area contributed by atoms with Gasteiger partial charge in [-0.15, -0.1) is 11.3 Å². The molecule has 1 atom stereocenters. The van der Waals surface area contributed by atoms with E-state index in [-0.39, 0.29) is 16.8 Å². The van der Waals surface area contributed by atoms with E-state index in [0.717, 1.165) is 11.3 Å². The number of hydrogen-bond acceptors (Lipinski definition) is 6. The van der Waals surface area contributed by atoms with Crippen LogP contribution in [0.2, 0.25) is 0 Å². The standard InChI is InChI=1S/C9H12N2O5S2/c1-6-4-16-3-2-11(6)18(14,15)9-7(8(12)13)10-5-17-9/h5-6H,2-4H2,1H3,(H,12,13)/t6-/m1/s1. The number of carbonyl (C=O) groups is 1. The van der Waals surface area contributed by atoms with Crippen molar-refractivity contribution in [2.24, 2.45) is 0 Å². The second-order valence-electron chi connectivity index (χ2n) is 3.83. The quantitative estimate of drug-likeness (QED) is 0.857. The van der Waals surface area contributed by atoms with Crippen molar-refractivity contribution < 1.29 is 23.1 Å². The first kappa shape index (κ1) is 13.4. The molecule has 7 nitrogen and oxygen atoms in total. The van der Waals surface area contributed by atoms with Crippen LogP contribution in [0.1, 0.15) is 17.4 Å². The molecule has 0 aromatic carbocycles. The van der Waals surface area contributed by atoms with Crippen LogP contribution in [0.5, 0.6) is 0 Å². The van der Waals surface area contributed by atoms with Gasteiger partial charge in [0.1, 0.15) is 0 Å². The maximum atomic E-state index is 12.4. The summed E-state index contributed by atoms with van der Waals surface area (Å²) in [4.78, 5) is 14.5. The Balaban J connectivity index is 2.41. The second kappa shape index (κ2) is 4.92. The topological polar surface area (TPSA) is 96.8 Å². The lowest BCUT2D eigenvalue weighted by molar-refractivity contribution is 0.0393. The Morgan fingerprint density at radius 2 is 2.39 bits per heavy atom. The van der Waals surface area contributed by atoms with Crippen molar-refractivity contribution in [2.45, 2.75) is 17.2 Å². The summed E-state index contributed by atoms with van der Waals surface area (Å²) in [5, 5.41) is 8.92. The second-order valence-corrected chi connectivity index (χ2v) is 6.77. The monoisotopic (exact) mass is 292 g/mol. The number of sulfonamides is 1. The third kappa shape index (κ3) is 2.26. The van der Waals surface area contributed by atoms with E-state index in [1.165, 1.54) is 9.82 Å². The molecule has 1 aliphatic rings. The number of rotatable bonds is 3. The number of thiazole rings is 1. The SMILES string of the molecule is C[C@@H]1COCCN1S(=O)(=O)c1scnc1C(=O)O. The average molecular weight is 292 g/mol. The molecule has 0 radical (unpaired) electrons. The molecule has 1 aliphatic heterocycles. The van der Waals surface area contributed by atoms with Crippen LogP contribution in [-0.2, 0) is 14.8 Å². The molecule has 1 N–H and O–H groups in total. The lowest BCUT2D eigenvalue weighted by Crippen LogP contribution is -2.47. The number of hydrogen-bond donors (Lipinski definition) is 1. The molecule has 0 saturated carbocycles. The maximum Gasteiger partial charge on any atom is 0.356 e. The predicted molar refractivity (Wildman–Crippen MR) is 63.2 cm³/mol. The molecule has 0 bridgehead atoms. The van der Waals surface area contributed by atoms with Crippen molar-refractivity contribution in [1.29, 1.82) is 0 Å². The van der Waals surface area contributed by atoms with Gasteiger partial charge in [0.15, 0.2) is 9.90 Å². The van der Waals surface area contributed by atoms with Crippen molar-refractivity contribution in [3.8, 4) is 0 Å². The minimum Gasteiger partial charge on any atom is -0.476 e. The van der Waals surface area contributed by atoms with E-state index in [9.17, 15) is 13.2 Å². The first-order chi connectivity index (χ1) is 8.44. The molecular formula is C9H12N2O5S2. The molecule has 0 amide bonds. The summed E-state index contributed by atoms with van der Waals surface area (Å²) in [7, 11) is -3.82. The van der Waals surface area contributed by atoms with E-state index >= 15 is 0 Å². The van der Waals surface area contributed by atoms with Crippen LogP contribution >= 0.6 is 11.3 Å². The molecule has 1 aromatic heterocycles. The number of aromatic carboxylic acids is 1. The van der Waals surface area contributed by atoms with Gasteiger partial charge in [0, 0.05) is 12.6 Å². The molecule has 2 rings (SSSR count). The molecular weight excluding hydrogens is 280 g/mol. The van der Waals surface area contributed by atoms with Crippen LogP contribution in [0.25, 0.3) is 0 Å². The van der Waals surface area contributed by atoms with Crippen molar-refractivity contribution >= 4 is 27.3 Å². The fraction of sp³-hybridized carbons (Fsp3) is 0.556. The smallest absolute Gasteiger partial charge is 0.356 e. The number of ether oxygens (including phenoxy) is 1. The highest BCUT2D eigenvalue weighted by Gasteiger charge is 2.35. The van der Waals surface area contributed by atoms with Crippen LogP contribution in [0.3, 0.4) is 0 Å². The Bertz CT molecular complexity index is 553. The number of morpholine rings is 1. The van der Waals surface area contributed by atoms with E-state index in [1.807, 2.05) is 0 Å². The first-order valence-corrected chi connectivity index (χ1v) is 7.53. The van der Waals surface area contributed by atoms with Crippen LogP contribution in [0.4, 0.5) is 0 Å². The highest BCUT2D eigenvalue weighted by molar-refractivity contribution is 7.91. The zero-order valence-corrected chi connectivity index (χ0v) is 11.2. The van der Waals surface area contributed by atoms with Crippen LogP contribution < -0.4 is 0 Å². The van der Waals surface area contributed by atoms with Gasteiger partial charge in [-0.2, -0.15) is 4.31 Å². The Morgan fingerprint density at radius 1 is 1.67 bits per heavy atom. The van der Waals surface area contributed by atoms with Gasteiger partial charge in [-0.05, 0) is 6.92 Å². The molecule has 1 saturated heterocycles. The van der Waals surface area contributed by atoms with E-state index in [0.29, 0.717) is 13.2 Å². The highest BCUT2D eigenvalue weighted by atomic mass is 32.2. The number of carboxylic acids is 1. The minimum atomic E-state index is -3.82. The van der Waals surface area contributed by atoms with Gasteiger partial charge in [-0.25, -0.2) is 18.2 Å². The van der Waals surface area contributed by atoms with E-state index in [4.69, 9.17) is 9.84 Å². The van der Waals surface area contributed by atoms with Gasteiger partial charge in [0.05, 0.1) is 18.7 Å². The van der Waals surface area contributed by atoms with Gasteiger partial charge in [-0.3, -0.25) is 0 Å². The molecule has 0 aliphatic carbocycles. The van der Waals surface area contributed by atoms with Crippen LogP contribution in [-0.4, -0.2) is 54.6 Å². The Morgan fingerprint density at radius 3 is 3.00 bits per heavy atom. The number of carboxylic acid groups (broad SMARTS) is 1. The summed E-state index contributed by atoms with van der Waals surface area (Å²) in [5.74, 6) is -1.34. The summed E-state index contributed by atoms with van der Waals surface area (Å²) in [6.07, 6.45) is 0. The lowest BCUT2D eigenvalue weighted by atomic mass is 10.3. The van der Waals surface area contributed by atoms with Gasteiger partial charge < -0.3 is 9.84 Å². The van der Waals surface area contributed by atoms with Crippen LogP contribution in [0.15, 0.2) is 9.72 Å². The summed E-state index contributed by atoms with van der Waals surface area (Å²) >= 11 is 0.818. The van der Waals surface area contributed by atoms with Gasteiger partial charge in [0.25, 0.3) is 10.0 Å². The van der Waals surface area contributed by atoms with Crippen molar-refractivity contribution in [1.82, 2.24) is 9.29 Å². The van der Waals surface area contributed by atoms with Crippen molar-refractivity contribution in [3.63, 3.8) is 0 Å². The Kier molecular flexibility index (Phi) is 3.66. The Hall–Kier alpha value is -1.03. The summed E-state index contributed by atoms with van der Waals surface area (Å²) in [6, 6.07) is -0.313. The fourth-order valence-corrected chi connectivity index (χ4v) is 4.59. The molecule has 0 unspecified atom stereocenters. The summed E-state index contributed by atoms with van der Waals surface area (Å²) < 4.78 is 30.9. The summed E-state index contributed by atoms with van der Waals surface area (Å²) in [6.45, 7) is 2.56. The molecule has 9 heteroatoms. The minimum absolute atomic E-state index is 0.219. The van der Waals surface area contributed by atoms with Crippen molar-refractivity contribution in [3.05, 3.63) is 11.2 Å². The fourth-order valence-electron chi connectivity index (χ4n) is 1.74. The van der Waals surface area contributed by atoms with Gasteiger partial charge in [-0.1, -0.05) is 0 Å². The molecule has 2 heterocycles. The average Bonchev–Trinajstić information content (AvgIpc) is 2.78. The predicted octanol–water partition coefficient (Wildman–Crippen LogP) is 0.251. The Labute approximate surface area is 108 Å². The third-order valence-corrected chi connectivity index (χ3v) is 5.95. The maximum absolute atomic E-state index is 12.4. The molecule has 1 fully saturated rings. The van der Waals surface area contributed by atoms with E-state index < -0.39 is 21.7 Å².